The van der Waals surface area contributed by atoms with Gasteiger partial charge in [0.15, 0.2) is 5.58 Å². The van der Waals surface area contributed by atoms with Crippen LogP contribution in [0.2, 0.25) is 0 Å². The minimum Gasteiger partial charge on any atom is -0.423 e. The second-order valence-electron chi connectivity index (χ2n) is 5.96. The molecule has 3 aromatic carbocycles. The van der Waals surface area contributed by atoms with Gasteiger partial charge in [0, 0.05) is 11.6 Å². The van der Waals surface area contributed by atoms with E-state index in [2.05, 4.69) is 0 Å². The number of rotatable bonds is 3. The first-order valence-corrected chi connectivity index (χ1v) is 8.94. The summed E-state index contributed by atoms with van der Waals surface area (Å²) in [7, 11) is 0. The fourth-order valence-corrected chi connectivity index (χ4v) is 3.54. The Morgan fingerprint density at radius 2 is 1.81 bits per heavy atom. The lowest BCUT2D eigenvalue weighted by molar-refractivity contribution is 0.0734. The Hall–Kier alpha value is -3.25. The molecule has 0 saturated heterocycles. The van der Waals surface area contributed by atoms with Gasteiger partial charge in [0.25, 0.3) is 0 Å². The highest BCUT2D eigenvalue weighted by Crippen LogP contribution is 2.34. The van der Waals surface area contributed by atoms with Crippen LogP contribution in [0.4, 0.5) is 4.39 Å². The van der Waals surface area contributed by atoms with Crippen molar-refractivity contribution in [2.24, 2.45) is 0 Å². The van der Waals surface area contributed by atoms with Crippen LogP contribution in [0.1, 0.15) is 15.9 Å². The van der Waals surface area contributed by atoms with Crippen molar-refractivity contribution in [1.29, 1.82) is 0 Å². The molecule has 134 valence electrons. The molecule has 0 unspecified atom stereocenters. The van der Waals surface area contributed by atoms with E-state index in [1.54, 1.807) is 36.4 Å². The first kappa shape index (κ1) is 17.2. The molecule has 0 aliphatic heterocycles. The fourth-order valence-electron chi connectivity index (χ4n) is 2.82. The van der Waals surface area contributed by atoms with Crippen LogP contribution in [0.5, 0.6) is 5.75 Å². The van der Waals surface area contributed by atoms with E-state index in [-0.39, 0.29) is 11.6 Å². The van der Waals surface area contributed by atoms with E-state index in [1.807, 2.05) is 19.1 Å². The summed E-state index contributed by atoms with van der Waals surface area (Å²) < 4.78 is 24.6. The fraction of sp³-hybridized carbons (Fsp3) is 0.0476. The second kappa shape index (κ2) is 6.81. The van der Waals surface area contributed by atoms with Gasteiger partial charge in [-0.15, -0.1) is 0 Å². The predicted molar refractivity (Wildman–Crippen MR) is 102 cm³/mol. The number of ether oxygens (including phenoxy) is 1. The van der Waals surface area contributed by atoms with Crippen molar-refractivity contribution in [3.8, 4) is 16.9 Å². The van der Waals surface area contributed by atoms with E-state index < -0.39 is 10.9 Å². The molecule has 0 saturated carbocycles. The maximum Gasteiger partial charge on any atom is 0.396 e. The average molecular weight is 380 g/mol. The van der Waals surface area contributed by atoms with E-state index in [0.29, 0.717) is 27.0 Å². The highest BCUT2D eigenvalue weighted by atomic mass is 32.1. The molecular formula is C21H13FO4S. The number of carbonyl (C=O) groups excluding carboxylic acids is 1. The van der Waals surface area contributed by atoms with E-state index >= 15 is 0 Å². The second-order valence-corrected chi connectivity index (χ2v) is 6.94. The van der Waals surface area contributed by atoms with Crippen LogP contribution in [-0.4, -0.2) is 5.97 Å². The first-order valence-electron chi connectivity index (χ1n) is 8.13. The van der Waals surface area contributed by atoms with Gasteiger partial charge in [-0.1, -0.05) is 41.7 Å². The summed E-state index contributed by atoms with van der Waals surface area (Å²) in [6.07, 6.45) is 0. The minimum atomic E-state index is -0.492. The van der Waals surface area contributed by atoms with Crippen molar-refractivity contribution in [3.05, 3.63) is 87.3 Å². The van der Waals surface area contributed by atoms with E-state index in [0.717, 1.165) is 16.9 Å². The van der Waals surface area contributed by atoms with Crippen molar-refractivity contribution in [2.45, 2.75) is 6.92 Å². The molecule has 4 rings (SSSR count). The normalized spacial score (nSPS) is 10.9. The summed E-state index contributed by atoms with van der Waals surface area (Å²) in [4.78, 5) is 23.8. The smallest absolute Gasteiger partial charge is 0.396 e. The number of carbonyl (C=O) groups is 1. The largest absolute Gasteiger partial charge is 0.423 e. The molecule has 0 spiro atoms. The summed E-state index contributed by atoms with van der Waals surface area (Å²) in [5, 5.41) is 0. The van der Waals surface area contributed by atoms with Gasteiger partial charge in [0.1, 0.15) is 11.6 Å². The standard InChI is InChI=1S/C21H13FO4S/c1-12-4-2-3-5-16(12)20(23)25-15-10-17(13-6-8-14(22)9-7-13)19-18(11-15)27-21(24)26-19/h2-11H,1H3. The van der Waals surface area contributed by atoms with Crippen molar-refractivity contribution >= 4 is 27.6 Å². The summed E-state index contributed by atoms with van der Waals surface area (Å²) in [5.41, 5.74) is 2.85. The van der Waals surface area contributed by atoms with Gasteiger partial charge in [-0.25, -0.2) is 14.0 Å². The summed E-state index contributed by atoms with van der Waals surface area (Å²) in [5.74, 6) is -0.579. The van der Waals surface area contributed by atoms with Crippen LogP contribution in [0.3, 0.4) is 0 Å². The lowest BCUT2D eigenvalue weighted by Crippen LogP contribution is -2.10. The molecule has 4 nitrogen and oxygen atoms in total. The molecular weight excluding hydrogens is 367 g/mol. The predicted octanol–water partition coefficient (Wildman–Crippen LogP) is 5.19. The van der Waals surface area contributed by atoms with Crippen LogP contribution in [0.15, 0.2) is 69.9 Å². The zero-order valence-corrected chi connectivity index (χ0v) is 15.0. The Bertz CT molecular complexity index is 1210. The third-order valence-corrected chi connectivity index (χ3v) is 4.91. The van der Waals surface area contributed by atoms with Crippen molar-refractivity contribution < 1.29 is 18.3 Å². The highest BCUT2D eigenvalue weighted by molar-refractivity contribution is 7.16. The molecule has 0 bridgehead atoms. The van der Waals surface area contributed by atoms with Gasteiger partial charge in [0.05, 0.1) is 10.3 Å². The number of hydrogen-bond donors (Lipinski definition) is 0. The molecule has 0 atom stereocenters. The zero-order chi connectivity index (χ0) is 19.0. The number of fused-ring (bicyclic) bond motifs is 1. The maximum absolute atomic E-state index is 13.3. The van der Waals surface area contributed by atoms with Crippen LogP contribution in [0.25, 0.3) is 21.4 Å². The number of hydrogen-bond acceptors (Lipinski definition) is 5. The quantitative estimate of drug-likeness (QED) is 0.363. The summed E-state index contributed by atoms with van der Waals surface area (Å²) in [6.45, 7) is 1.82. The summed E-state index contributed by atoms with van der Waals surface area (Å²) >= 11 is 0.917. The maximum atomic E-state index is 13.3. The molecule has 0 N–H and O–H groups in total. The van der Waals surface area contributed by atoms with Gasteiger partial charge in [0.2, 0.25) is 0 Å². The van der Waals surface area contributed by atoms with E-state index in [1.165, 1.54) is 12.1 Å². The number of benzene rings is 3. The molecule has 4 aromatic rings. The third-order valence-electron chi connectivity index (χ3n) is 4.14. The molecule has 1 heterocycles. The van der Waals surface area contributed by atoms with Gasteiger partial charge in [-0.05, 0) is 42.3 Å². The van der Waals surface area contributed by atoms with Crippen molar-refractivity contribution in [1.82, 2.24) is 0 Å². The lowest BCUT2D eigenvalue weighted by atomic mass is 10.0. The molecule has 0 amide bonds. The summed E-state index contributed by atoms with van der Waals surface area (Å²) in [6, 6.07) is 16.1. The van der Waals surface area contributed by atoms with Gasteiger partial charge < -0.3 is 9.15 Å². The molecule has 0 aliphatic carbocycles. The molecule has 0 fully saturated rings. The molecule has 1 aromatic heterocycles. The first-order chi connectivity index (χ1) is 13.0. The Labute approximate surface area is 157 Å². The highest BCUT2D eigenvalue weighted by Gasteiger charge is 2.16. The number of aryl methyl sites for hydroxylation is 1. The van der Waals surface area contributed by atoms with Crippen LogP contribution in [-0.2, 0) is 0 Å². The van der Waals surface area contributed by atoms with E-state index in [4.69, 9.17) is 9.15 Å². The molecule has 6 heteroatoms. The van der Waals surface area contributed by atoms with E-state index in [9.17, 15) is 14.0 Å². The SMILES string of the molecule is Cc1ccccc1C(=O)Oc1cc(-c2ccc(F)cc2)c2oc(=O)sc2c1. The molecule has 0 radical (unpaired) electrons. The van der Waals surface area contributed by atoms with Gasteiger partial charge >= 0.3 is 10.9 Å². The Morgan fingerprint density at radius 1 is 1.07 bits per heavy atom. The molecule has 27 heavy (non-hydrogen) atoms. The van der Waals surface area contributed by atoms with Crippen molar-refractivity contribution in [3.63, 3.8) is 0 Å². The number of esters is 1. The van der Waals surface area contributed by atoms with Gasteiger partial charge in [-0.2, -0.15) is 0 Å². The van der Waals surface area contributed by atoms with Gasteiger partial charge in [-0.3, -0.25) is 0 Å². The Balaban J connectivity index is 1.80. The zero-order valence-electron chi connectivity index (χ0n) is 14.2. The van der Waals surface area contributed by atoms with Crippen LogP contribution in [0, 0.1) is 12.7 Å². The Kier molecular flexibility index (Phi) is 4.33. The molecule has 0 aliphatic rings. The monoisotopic (exact) mass is 380 g/mol. The lowest BCUT2D eigenvalue weighted by Gasteiger charge is -2.09. The minimum absolute atomic E-state index is 0.284. The third kappa shape index (κ3) is 3.39. The van der Waals surface area contributed by atoms with Crippen LogP contribution < -0.4 is 9.68 Å². The average Bonchev–Trinajstić information content (AvgIpc) is 3.02. The number of halogens is 1. The topological polar surface area (TPSA) is 56.5 Å². The Morgan fingerprint density at radius 3 is 2.56 bits per heavy atom. The van der Waals surface area contributed by atoms with Crippen molar-refractivity contribution in [2.75, 3.05) is 0 Å². The van der Waals surface area contributed by atoms with Crippen LogP contribution >= 0.6 is 11.3 Å².